The van der Waals surface area contributed by atoms with E-state index in [9.17, 15) is 0 Å². The van der Waals surface area contributed by atoms with Crippen molar-refractivity contribution in [3.63, 3.8) is 0 Å². The molecule has 13 rings (SSSR count). The topological polar surface area (TPSA) is 6.48 Å². The van der Waals surface area contributed by atoms with Gasteiger partial charge in [0, 0.05) is 76.6 Å². The highest BCUT2D eigenvalue weighted by atomic mass is 15.2. The van der Waals surface area contributed by atoms with Crippen molar-refractivity contribution in [2.45, 2.75) is 27.7 Å². The third kappa shape index (κ3) is 5.74. The Bertz CT molecular complexity index is 3790. The maximum atomic E-state index is 2.51. The molecule has 66 heavy (non-hydrogen) atoms. The SMILES string of the molecule is Cc1ccc(C=Cc2ccc(N(c3ccc(C)cc3)c3c4cccc5c6cccc7c(N(c8ccc(C)cc8)c8ccc(C)cc8)c8cccc9c%10cccc3c%10c(c45)c(c76)c89)cc2)cc1. The van der Waals surface area contributed by atoms with Gasteiger partial charge in [0.05, 0.1) is 11.4 Å². The predicted octanol–water partition coefficient (Wildman–Crippen LogP) is 18.4. The second-order valence-electron chi connectivity index (χ2n) is 18.4. The molecule has 0 fully saturated rings. The second kappa shape index (κ2) is 14.7. The number of rotatable bonds is 8. The maximum Gasteiger partial charge on any atom is 0.0619 e. The Morgan fingerprint density at radius 1 is 0.242 bits per heavy atom. The zero-order valence-electron chi connectivity index (χ0n) is 37.5. The van der Waals surface area contributed by atoms with Crippen molar-refractivity contribution in [1.29, 1.82) is 0 Å². The Kier molecular flexibility index (Phi) is 8.51. The molecule has 0 aromatic heterocycles. The number of hydrogen-bond donors (Lipinski definition) is 0. The molecule has 0 saturated heterocycles. The molecule has 13 aromatic carbocycles. The predicted molar refractivity (Wildman–Crippen MR) is 286 cm³/mol. The summed E-state index contributed by atoms with van der Waals surface area (Å²) in [5.41, 5.74) is 14.3. The zero-order valence-corrected chi connectivity index (χ0v) is 37.5. The molecule has 312 valence electrons. The molecule has 0 radical (unpaired) electrons. The van der Waals surface area contributed by atoms with Crippen molar-refractivity contribution in [2.75, 3.05) is 9.80 Å². The second-order valence-corrected chi connectivity index (χ2v) is 18.4. The molecule has 0 amide bonds. The van der Waals surface area contributed by atoms with E-state index in [4.69, 9.17) is 0 Å². The first-order chi connectivity index (χ1) is 32.4. The summed E-state index contributed by atoms with van der Waals surface area (Å²) in [4.78, 5) is 5.00. The highest BCUT2D eigenvalue weighted by Gasteiger charge is 2.30. The van der Waals surface area contributed by atoms with Gasteiger partial charge < -0.3 is 9.80 Å². The fraction of sp³-hybridized carbons (Fsp3) is 0.0625. The Labute approximate surface area is 384 Å². The van der Waals surface area contributed by atoms with Crippen LogP contribution in [0.1, 0.15) is 33.4 Å². The summed E-state index contributed by atoms with van der Waals surface area (Å²) >= 11 is 0. The van der Waals surface area contributed by atoms with Crippen molar-refractivity contribution < 1.29 is 0 Å². The van der Waals surface area contributed by atoms with E-state index in [1.807, 2.05) is 0 Å². The molecule has 0 bridgehead atoms. The molecule has 0 aliphatic heterocycles. The molecule has 0 aliphatic rings. The van der Waals surface area contributed by atoms with Gasteiger partial charge in [0.1, 0.15) is 0 Å². The molecule has 0 aliphatic carbocycles. The quantitative estimate of drug-likeness (QED) is 0.0854. The summed E-state index contributed by atoms with van der Waals surface area (Å²) in [6.45, 7) is 8.63. The Morgan fingerprint density at radius 3 is 0.758 bits per heavy atom. The number of benzene rings is 13. The van der Waals surface area contributed by atoms with E-state index in [1.54, 1.807) is 0 Å². The van der Waals surface area contributed by atoms with Crippen molar-refractivity contribution >= 4 is 122 Å². The van der Waals surface area contributed by atoms with E-state index in [2.05, 4.69) is 244 Å². The minimum atomic E-state index is 1.12. The van der Waals surface area contributed by atoms with Crippen molar-refractivity contribution in [3.8, 4) is 0 Å². The van der Waals surface area contributed by atoms with E-state index >= 15 is 0 Å². The third-order valence-corrected chi connectivity index (χ3v) is 14.1. The van der Waals surface area contributed by atoms with Gasteiger partial charge in [0.25, 0.3) is 0 Å². The lowest BCUT2D eigenvalue weighted by Gasteiger charge is -2.33. The largest absolute Gasteiger partial charge is 0.309 e. The van der Waals surface area contributed by atoms with Crippen LogP contribution in [0.25, 0.3) is 87.6 Å². The van der Waals surface area contributed by atoms with Crippen LogP contribution in [0.4, 0.5) is 34.1 Å². The van der Waals surface area contributed by atoms with Crippen LogP contribution in [0, 0.1) is 27.7 Å². The normalized spacial score (nSPS) is 12.2. The first-order valence-electron chi connectivity index (χ1n) is 23.1. The lowest BCUT2D eigenvalue weighted by Crippen LogP contribution is -2.13. The minimum Gasteiger partial charge on any atom is -0.309 e. The molecule has 0 atom stereocenters. The molecular weight excluding hydrogens is 797 g/mol. The highest BCUT2D eigenvalue weighted by molar-refractivity contribution is 6.51. The minimum absolute atomic E-state index is 1.12. The summed E-state index contributed by atoms with van der Waals surface area (Å²) in [6.07, 6.45) is 4.41. The first kappa shape index (κ1) is 38.3. The Morgan fingerprint density at radius 2 is 0.470 bits per heavy atom. The number of aryl methyl sites for hydroxylation is 4. The smallest absolute Gasteiger partial charge is 0.0619 e. The van der Waals surface area contributed by atoms with Crippen LogP contribution in [-0.2, 0) is 0 Å². The van der Waals surface area contributed by atoms with Gasteiger partial charge in [0.15, 0.2) is 0 Å². The molecule has 0 saturated carbocycles. The van der Waals surface area contributed by atoms with Crippen molar-refractivity contribution in [1.82, 2.24) is 0 Å². The molecule has 0 heterocycles. The molecule has 0 unspecified atom stereocenters. The standard InChI is InChI=1S/C64H46N2/c1-39-17-25-43(26-18-39)27-28-44-29-37-48(38-30-44)66(47-35-23-42(4)24-36-47)64-55-15-7-11-51-49-9-5-13-53-57(49)61-58-50(52-12-8-16-56(64)60(52)62(61)59(51)55)10-6-14-54(58)63(53)65(45-31-19-40(2)20-32-45)46-33-21-41(3)22-34-46/h5-38H,1-4H3. The van der Waals surface area contributed by atoms with Crippen LogP contribution in [-0.4, -0.2) is 0 Å². The van der Waals surface area contributed by atoms with Gasteiger partial charge in [-0.2, -0.15) is 0 Å². The van der Waals surface area contributed by atoms with E-state index < -0.39 is 0 Å². The van der Waals surface area contributed by atoms with Gasteiger partial charge in [-0.1, -0.05) is 180 Å². The van der Waals surface area contributed by atoms with Crippen LogP contribution in [0.2, 0.25) is 0 Å². The first-order valence-corrected chi connectivity index (χ1v) is 23.1. The summed E-state index contributed by atoms with van der Waals surface area (Å²) in [6, 6.07) is 72.9. The average Bonchev–Trinajstić information content (AvgIpc) is 3.35. The molecule has 13 aromatic rings. The number of hydrogen-bond acceptors (Lipinski definition) is 2. The average molecular weight is 843 g/mol. The Hall–Kier alpha value is -8.20. The van der Waals surface area contributed by atoms with Gasteiger partial charge in [-0.3, -0.25) is 0 Å². The van der Waals surface area contributed by atoms with Gasteiger partial charge in [-0.25, -0.2) is 0 Å². The van der Waals surface area contributed by atoms with Crippen molar-refractivity contribution in [3.05, 3.63) is 228 Å². The van der Waals surface area contributed by atoms with Gasteiger partial charge >= 0.3 is 0 Å². The van der Waals surface area contributed by atoms with Crippen LogP contribution in [0.3, 0.4) is 0 Å². The van der Waals surface area contributed by atoms with Gasteiger partial charge in [0.2, 0.25) is 0 Å². The van der Waals surface area contributed by atoms with Crippen LogP contribution in [0.15, 0.2) is 194 Å². The van der Waals surface area contributed by atoms with Gasteiger partial charge in [-0.05, 0) is 109 Å². The van der Waals surface area contributed by atoms with E-state index in [0.717, 1.165) is 28.3 Å². The monoisotopic (exact) mass is 842 g/mol. The molecule has 0 N–H and O–H groups in total. The lowest BCUT2D eigenvalue weighted by molar-refractivity contribution is 1.29. The lowest BCUT2D eigenvalue weighted by atomic mass is 9.79. The van der Waals surface area contributed by atoms with Crippen LogP contribution in [0.5, 0.6) is 0 Å². The van der Waals surface area contributed by atoms with E-state index in [-0.39, 0.29) is 0 Å². The summed E-state index contributed by atoms with van der Waals surface area (Å²) in [7, 11) is 0. The van der Waals surface area contributed by atoms with Crippen LogP contribution < -0.4 is 9.80 Å². The third-order valence-electron chi connectivity index (χ3n) is 14.1. The zero-order chi connectivity index (χ0) is 44.2. The fourth-order valence-corrected chi connectivity index (χ4v) is 11.0. The summed E-state index contributed by atoms with van der Waals surface area (Å²) < 4.78 is 0. The molecule has 2 nitrogen and oxygen atoms in total. The number of nitrogens with zero attached hydrogens (tertiary/aromatic N) is 2. The fourth-order valence-electron chi connectivity index (χ4n) is 11.0. The Balaban J connectivity index is 1.13. The summed E-state index contributed by atoms with van der Waals surface area (Å²) in [5.74, 6) is 0. The number of fused-ring (bicyclic) bond motifs is 2. The molecule has 2 heteroatoms. The van der Waals surface area contributed by atoms with E-state index in [1.165, 1.54) is 115 Å². The van der Waals surface area contributed by atoms with Crippen LogP contribution >= 0.6 is 0 Å². The molecule has 0 spiro atoms. The number of anilines is 6. The van der Waals surface area contributed by atoms with Crippen molar-refractivity contribution in [2.24, 2.45) is 0 Å². The maximum absolute atomic E-state index is 2.51. The van der Waals surface area contributed by atoms with Gasteiger partial charge in [-0.15, -0.1) is 0 Å². The summed E-state index contributed by atoms with van der Waals surface area (Å²) in [5, 5.41) is 18.1. The van der Waals surface area contributed by atoms with E-state index in [0.29, 0.717) is 0 Å². The highest BCUT2D eigenvalue weighted by Crippen LogP contribution is 2.58. The molecular formula is C64H46N2.